The normalized spacial score (nSPS) is 19.0. The van der Waals surface area contributed by atoms with Crippen LogP contribution in [0.15, 0.2) is 24.3 Å². The lowest BCUT2D eigenvalue weighted by Crippen LogP contribution is -2.41. The standard InChI is InChI=1S/C17H25N3O/c1-19(12-14-6-9-18-10-7-14)13-17(21)20-11-8-15-4-2-3-5-16(15)20/h2-5,14,18H,6-13H2,1H3. The first-order valence-corrected chi connectivity index (χ1v) is 8.01. The Labute approximate surface area is 127 Å². The van der Waals surface area contributed by atoms with Gasteiger partial charge in [0.25, 0.3) is 0 Å². The SMILES string of the molecule is CN(CC(=O)N1CCc2ccccc21)CC1CCNCC1. The molecule has 0 spiro atoms. The number of carbonyl (C=O) groups is 1. The molecule has 4 nitrogen and oxygen atoms in total. The molecular weight excluding hydrogens is 262 g/mol. The molecule has 4 heteroatoms. The topological polar surface area (TPSA) is 35.6 Å². The van der Waals surface area contributed by atoms with Crippen molar-refractivity contribution in [2.45, 2.75) is 19.3 Å². The van der Waals surface area contributed by atoms with Crippen molar-refractivity contribution in [1.29, 1.82) is 0 Å². The van der Waals surface area contributed by atoms with E-state index in [1.54, 1.807) is 0 Å². The summed E-state index contributed by atoms with van der Waals surface area (Å²) in [6, 6.07) is 8.26. The minimum atomic E-state index is 0.233. The Morgan fingerprint density at radius 2 is 2.10 bits per heavy atom. The molecule has 114 valence electrons. The summed E-state index contributed by atoms with van der Waals surface area (Å²) in [5.74, 6) is 0.964. The van der Waals surface area contributed by atoms with Crippen molar-refractivity contribution in [3.63, 3.8) is 0 Å². The molecule has 2 aliphatic rings. The van der Waals surface area contributed by atoms with Gasteiger partial charge in [-0.15, -0.1) is 0 Å². The molecule has 1 aromatic carbocycles. The predicted octanol–water partition coefficient (Wildman–Crippen LogP) is 1.51. The second-order valence-electron chi connectivity index (χ2n) is 6.31. The third kappa shape index (κ3) is 3.44. The number of para-hydroxylation sites is 1. The van der Waals surface area contributed by atoms with Crippen LogP contribution in [0.4, 0.5) is 5.69 Å². The molecule has 2 aliphatic heterocycles. The third-order valence-electron chi connectivity index (χ3n) is 4.62. The van der Waals surface area contributed by atoms with Crippen LogP contribution in [0.3, 0.4) is 0 Å². The van der Waals surface area contributed by atoms with Gasteiger partial charge in [-0.05, 0) is 56.9 Å². The van der Waals surface area contributed by atoms with Crippen LogP contribution >= 0.6 is 0 Å². The van der Waals surface area contributed by atoms with E-state index in [-0.39, 0.29) is 5.91 Å². The van der Waals surface area contributed by atoms with Crippen LogP contribution in [0.25, 0.3) is 0 Å². The third-order valence-corrected chi connectivity index (χ3v) is 4.62. The van der Waals surface area contributed by atoms with E-state index in [1.807, 2.05) is 11.0 Å². The Hall–Kier alpha value is -1.39. The Kier molecular flexibility index (Phi) is 4.56. The van der Waals surface area contributed by atoms with Gasteiger partial charge in [-0.1, -0.05) is 18.2 Å². The zero-order valence-corrected chi connectivity index (χ0v) is 12.8. The van der Waals surface area contributed by atoms with Gasteiger partial charge in [-0.3, -0.25) is 9.69 Å². The van der Waals surface area contributed by atoms with E-state index in [4.69, 9.17) is 0 Å². The maximum absolute atomic E-state index is 12.5. The van der Waals surface area contributed by atoms with Gasteiger partial charge in [0.1, 0.15) is 0 Å². The number of anilines is 1. The molecule has 0 atom stereocenters. The summed E-state index contributed by atoms with van der Waals surface area (Å²) in [6.07, 6.45) is 3.44. The average molecular weight is 287 g/mol. The molecule has 3 rings (SSSR count). The highest BCUT2D eigenvalue weighted by atomic mass is 16.2. The first-order chi connectivity index (χ1) is 10.2. The fourth-order valence-corrected chi connectivity index (χ4v) is 3.48. The summed E-state index contributed by atoms with van der Waals surface area (Å²) in [6.45, 7) is 4.62. The Morgan fingerprint density at radius 3 is 2.90 bits per heavy atom. The van der Waals surface area contributed by atoms with Crippen LogP contribution in [0, 0.1) is 5.92 Å². The molecule has 1 fully saturated rings. The molecule has 0 unspecified atom stereocenters. The molecule has 0 bridgehead atoms. The van der Waals surface area contributed by atoms with Gasteiger partial charge in [0.2, 0.25) is 5.91 Å². The number of amides is 1. The second-order valence-corrected chi connectivity index (χ2v) is 6.31. The van der Waals surface area contributed by atoms with E-state index < -0.39 is 0 Å². The van der Waals surface area contributed by atoms with Crippen LogP contribution in [0.2, 0.25) is 0 Å². The van der Waals surface area contributed by atoms with Gasteiger partial charge in [-0.25, -0.2) is 0 Å². The number of likely N-dealkylation sites (N-methyl/N-ethyl adjacent to an activating group) is 1. The van der Waals surface area contributed by atoms with Gasteiger partial charge in [-0.2, -0.15) is 0 Å². The van der Waals surface area contributed by atoms with Crippen molar-refractivity contribution in [3.8, 4) is 0 Å². The van der Waals surface area contributed by atoms with Crippen LogP contribution < -0.4 is 10.2 Å². The Morgan fingerprint density at radius 1 is 1.33 bits per heavy atom. The fraction of sp³-hybridized carbons (Fsp3) is 0.588. The van der Waals surface area contributed by atoms with Crippen molar-refractivity contribution in [2.24, 2.45) is 5.92 Å². The molecule has 0 aromatic heterocycles. The highest BCUT2D eigenvalue weighted by Gasteiger charge is 2.25. The molecule has 1 saturated heterocycles. The maximum Gasteiger partial charge on any atom is 0.241 e. The summed E-state index contributed by atoms with van der Waals surface area (Å²) >= 11 is 0. The van der Waals surface area contributed by atoms with Gasteiger partial charge >= 0.3 is 0 Å². The highest BCUT2D eigenvalue weighted by Crippen LogP contribution is 2.27. The summed E-state index contributed by atoms with van der Waals surface area (Å²) in [5, 5.41) is 3.39. The van der Waals surface area contributed by atoms with Crippen molar-refractivity contribution < 1.29 is 4.79 Å². The number of hydrogen-bond acceptors (Lipinski definition) is 3. The zero-order valence-electron chi connectivity index (χ0n) is 12.8. The number of nitrogens with one attached hydrogen (secondary N) is 1. The van der Waals surface area contributed by atoms with Gasteiger partial charge < -0.3 is 10.2 Å². The summed E-state index contributed by atoms with van der Waals surface area (Å²) in [7, 11) is 2.07. The Bertz CT molecular complexity index is 497. The lowest BCUT2D eigenvalue weighted by molar-refractivity contribution is -0.119. The highest BCUT2D eigenvalue weighted by molar-refractivity contribution is 5.96. The molecule has 1 aromatic rings. The Balaban J connectivity index is 1.54. The summed E-state index contributed by atoms with van der Waals surface area (Å²) in [5.41, 5.74) is 2.41. The van der Waals surface area contributed by atoms with E-state index in [1.165, 1.54) is 18.4 Å². The zero-order chi connectivity index (χ0) is 14.7. The van der Waals surface area contributed by atoms with Crippen molar-refractivity contribution in [2.75, 3.05) is 44.7 Å². The molecule has 1 N–H and O–H groups in total. The number of nitrogens with zero attached hydrogens (tertiary/aromatic N) is 2. The number of hydrogen-bond donors (Lipinski definition) is 1. The summed E-state index contributed by atoms with van der Waals surface area (Å²) < 4.78 is 0. The van der Waals surface area contributed by atoms with E-state index in [9.17, 15) is 4.79 Å². The van der Waals surface area contributed by atoms with E-state index in [0.29, 0.717) is 6.54 Å². The second kappa shape index (κ2) is 6.58. The predicted molar refractivity (Wildman–Crippen MR) is 85.6 cm³/mol. The van der Waals surface area contributed by atoms with Crippen molar-refractivity contribution >= 4 is 11.6 Å². The van der Waals surface area contributed by atoms with Crippen LogP contribution in [0.1, 0.15) is 18.4 Å². The van der Waals surface area contributed by atoms with Crippen LogP contribution in [-0.2, 0) is 11.2 Å². The molecule has 1 amide bonds. The number of fused-ring (bicyclic) bond motifs is 1. The van der Waals surface area contributed by atoms with Crippen LogP contribution in [0.5, 0.6) is 0 Å². The van der Waals surface area contributed by atoms with Crippen molar-refractivity contribution in [3.05, 3.63) is 29.8 Å². The largest absolute Gasteiger partial charge is 0.317 e. The molecular formula is C17H25N3O. The van der Waals surface area contributed by atoms with Crippen LogP contribution in [-0.4, -0.2) is 50.6 Å². The number of benzene rings is 1. The molecule has 0 radical (unpaired) electrons. The summed E-state index contributed by atoms with van der Waals surface area (Å²) in [4.78, 5) is 16.7. The molecule has 21 heavy (non-hydrogen) atoms. The van der Waals surface area contributed by atoms with E-state index >= 15 is 0 Å². The average Bonchev–Trinajstić information content (AvgIpc) is 2.92. The minimum Gasteiger partial charge on any atom is -0.317 e. The number of rotatable bonds is 4. The monoisotopic (exact) mass is 287 g/mol. The van der Waals surface area contributed by atoms with Crippen molar-refractivity contribution in [1.82, 2.24) is 10.2 Å². The first-order valence-electron chi connectivity index (χ1n) is 8.01. The molecule has 0 aliphatic carbocycles. The van der Waals surface area contributed by atoms with E-state index in [2.05, 4.69) is 35.5 Å². The lowest BCUT2D eigenvalue weighted by Gasteiger charge is -2.28. The van der Waals surface area contributed by atoms with Gasteiger partial charge in [0, 0.05) is 18.8 Å². The maximum atomic E-state index is 12.5. The fourth-order valence-electron chi connectivity index (χ4n) is 3.48. The number of carbonyl (C=O) groups excluding carboxylic acids is 1. The molecule has 0 saturated carbocycles. The first kappa shape index (κ1) is 14.5. The van der Waals surface area contributed by atoms with Gasteiger partial charge in [0.05, 0.1) is 6.54 Å². The quantitative estimate of drug-likeness (QED) is 0.912. The van der Waals surface area contributed by atoms with Gasteiger partial charge in [0.15, 0.2) is 0 Å². The molecule has 2 heterocycles. The number of piperidine rings is 1. The smallest absolute Gasteiger partial charge is 0.241 e. The lowest BCUT2D eigenvalue weighted by atomic mass is 9.98. The minimum absolute atomic E-state index is 0.233. The van der Waals surface area contributed by atoms with E-state index in [0.717, 1.165) is 44.2 Å².